The van der Waals surface area contributed by atoms with Crippen LogP contribution in [-0.2, 0) is 12.1 Å². The van der Waals surface area contributed by atoms with Crippen LogP contribution in [0.25, 0.3) is 0 Å². The van der Waals surface area contributed by atoms with Gasteiger partial charge in [-0.3, -0.25) is 0 Å². The number of aliphatic hydroxyl groups is 1. The molecule has 0 fully saturated rings. The zero-order chi connectivity index (χ0) is 12.5. The van der Waals surface area contributed by atoms with Crippen LogP contribution in [0.15, 0.2) is 30.5 Å². The van der Waals surface area contributed by atoms with E-state index in [9.17, 15) is 9.50 Å². The van der Waals surface area contributed by atoms with Crippen molar-refractivity contribution in [3.05, 3.63) is 47.5 Å². The molecule has 0 radical (unpaired) electrons. The molecule has 0 aliphatic rings. The second-order valence-corrected chi connectivity index (χ2v) is 4.02. The van der Waals surface area contributed by atoms with E-state index in [4.69, 9.17) is 0 Å². The molecule has 1 atom stereocenters. The van der Waals surface area contributed by atoms with E-state index in [0.29, 0.717) is 17.8 Å². The van der Waals surface area contributed by atoms with Gasteiger partial charge in [0.15, 0.2) is 0 Å². The average molecular weight is 235 g/mol. The van der Waals surface area contributed by atoms with Gasteiger partial charge in [0.25, 0.3) is 0 Å². The predicted octanol–water partition coefficient (Wildman–Crippen LogP) is 1.69. The maximum absolute atomic E-state index is 13.2. The number of hydrogen-bond donors (Lipinski definition) is 1. The standard InChI is InChI=1S/C12H14FN3O/c1-3-16-11(8-14-15-16)12(2,17)9-5-4-6-10(13)7-9/h4-8,17H,3H2,1-2H3. The van der Waals surface area contributed by atoms with Crippen molar-refractivity contribution < 1.29 is 9.50 Å². The third-order valence-corrected chi connectivity index (χ3v) is 2.80. The summed E-state index contributed by atoms with van der Waals surface area (Å²) in [4.78, 5) is 0. The summed E-state index contributed by atoms with van der Waals surface area (Å²) in [5, 5.41) is 18.1. The average Bonchev–Trinajstić information content (AvgIpc) is 2.77. The number of rotatable bonds is 3. The van der Waals surface area contributed by atoms with Crippen molar-refractivity contribution >= 4 is 0 Å². The van der Waals surface area contributed by atoms with Crippen LogP contribution in [0, 0.1) is 5.82 Å². The number of benzene rings is 1. The highest BCUT2D eigenvalue weighted by Gasteiger charge is 2.30. The summed E-state index contributed by atoms with van der Waals surface area (Å²) < 4.78 is 14.8. The van der Waals surface area contributed by atoms with Crippen LogP contribution in [0.3, 0.4) is 0 Å². The molecule has 0 saturated heterocycles. The molecule has 2 rings (SSSR count). The van der Waals surface area contributed by atoms with E-state index in [2.05, 4.69) is 10.3 Å². The van der Waals surface area contributed by atoms with Crippen molar-refractivity contribution in [2.45, 2.75) is 26.0 Å². The fourth-order valence-electron chi connectivity index (χ4n) is 1.81. The monoisotopic (exact) mass is 235 g/mol. The first-order valence-corrected chi connectivity index (χ1v) is 5.43. The molecule has 1 N–H and O–H groups in total. The summed E-state index contributed by atoms with van der Waals surface area (Å²) in [6.45, 7) is 4.10. The Morgan fingerprint density at radius 2 is 2.24 bits per heavy atom. The highest BCUT2D eigenvalue weighted by Crippen LogP contribution is 2.28. The van der Waals surface area contributed by atoms with Crippen LogP contribution in [-0.4, -0.2) is 20.1 Å². The lowest BCUT2D eigenvalue weighted by Gasteiger charge is -2.24. The smallest absolute Gasteiger partial charge is 0.130 e. The molecule has 5 heteroatoms. The van der Waals surface area contributed by atoms with Crippen molar-refractivity contribution in [1.29, 1.82) is 0 Å². The molecule has 17 heavy (non-hydrogen) atoms. The zero-order valence-corrected chi connectivity index (χ0v) is 9.76. The number of aromatic nitrogens is 3. The summed E-state index contributed by atoms with van der Waals surface area (Å²) in [6.07, 6.45) is 1.49. The molecule has 0 saturated carbocycles. The quantitative estimate of drug-likeness (QED) is 0.880. The van der Waals surface area contributed by atoms with Crippen LogP contribution < -0.4 is 0 Å². The normalized spacial score (nSPS) is 14.6. The van der Waals surface area contributed by atoms with E-state index < -0.39 is 5.60 Å². The third kappa shape index (κ3) is 2.06. The predicted molar refractivity (Wildman–Crippen MR) is 60.8 cm³/mol. The Bertz CT molecular complexity index is 522. The Hall–Kier alpha value is -1.75. The molecule has 2 aromatic rings. The molecule has 90 valence electrons. The molecule has 4 nitrogen and oxygen atoms in total. The van der Waals surface area contributed by atoms with Gasteiger partial charge in [-0.15, -0.1) is 5.10 Å². The van der Waals surface area contributed by atoms with Gasteiger partial charge in [-0.2, -0.15) is 0 Å². The topological polar surface area (TPSA) is 50.9 Å². The third-order valence-electron chi connectivity index (χ3n) is 2.80. The molecule has 0 aliphatic heterocycles. The fourth-order valence-corrected chi connectivity index (χ4v) is 1.81. The van der Waals surface area contributed by atoms with Gasteiger partial charge in [-0.25, -0.2) is 9.07 Å². The summed E-state index contributed by atoms with van der Waals surface area (Å²) in [7, 11) is 0. The SMILES string of the molecule is CCn1nncc1C(C)(O)c1cccc(F)c1. The Morgan fingerprint density at radius 1 is 1.47 bits per heavy atom. The van der Waals surface area contributed by atoms with Crippen LogP contribution in [0.2, 0.25) is 0 Å². The Labute approximate surface area is 98.7 Å². The van der Waals surface area contributed by atoms with E-state index in [0.717, 1.165) is 0 Å². The highest BCUT2D eigenvalue weighted by atomic mass is 19.1. The van der Waals surface area contributed by atoms with Crippen LogP contribution in [0.4, 0.5) is 4.39 Å². The van der Waals surface area contributed by atoms with Crippen LogP contribution in [0.1, 0.15) is 25.1 Å². The lowest BCUT2D eigenvalue weighted by atomic mass is 9.93. The minimum Gasteiger partial charge on any atom is -0.379 e. The van der Waals surface area contributed by atoms with Crippen molar-refractivity contribution in [2.24, 2.45) is 0 Å². The number of aryl methyl sites for hydroxylation is 1. The van der Waals surface area contributed by atoms with Crippen molar-refractivity contribution in [3.8, 4) is 0 Å². The molecular formula is C12H14FN3O. The maximum atomic E-state index is 13.2. The van der Waals surface area contributed by atoms with Crippen LogP contribution >= 0.6 is 0 Å². The molecule has 1 aromatic heterocycles. The van der Waals surface area contributed by atoms with Crippen molar-refractivity contribution in [2.75, 3.05) is 0 Å². The number of hydrogen-bond acceptors (Lipinski definition) is 3. The van der Waals surface area contributed by atoms with E-state index in [1.165, 1.54) is 18.3 Å². The maximum Gasteiger partial charge on any atom is 0.130 e. The van der Waals surface area contributed by atoms with Gasteiger partial charge in [0.2, 0.25) is 0 Å². The van der Waals surface area contributed by atoms with Crippen molar-refractivity contribution in [1.82, 2.24) is 15.0 Å². The van der Waals surface area contributed by atoms with Gasteiger partial charge >= 0.3 is 0 Å². The van der Waals surface area contributed by atoms with Crippen LogP contribution in [0.5, 0.6) is 0 Å². The van der Waals surface area contributed by atoms with Gasteiger partial charge in [-0.05, 0) is 31.5 Å². The first-order chi connectivity index (χ1) is 8.05. The first-order valence-electron chi connectivity index (χ1n) is 5.43. The Kier molecular flexibility index (Phi) is 2.93. The van der Waals surface area contributed by atoms with E-state index in [-0.39, 0.29) is 5.82 Å². The molecular weight excluding hydrogens is 221 g/mol. The summed E-state index contributed by atoms with van der Waals surface area (Å²) in [6, 6.07) is 5.90. The minimum atomic E-state index is -1.30. The molecule has 0 aliphatic carbocycles. The van der Waals surface area contributed by atoms with Gasteiger partial charge in [0.1, 0.15) is 11.4 Å². The molecule has 1 heterocycles. The summed E-state index contributed by atoms with van der Waals surface area (Å²) in [5.41, 5.74) is -0.276. The largest absolute Gasteiger partial charge is 0.379 e. The lowest BCUT2D eigenvalue weighted by Crippen LogP contribution is -2.26. The lowest BCUT2D eigenvalue weighted by molar-refractivity contribution is 0.0914. The number of halogens is 1. The van der Waals surface area contributed by atoms with E-state index in [1.807, 2.05) is 6.92 Å². The first kappa shape index (κ1) is 11.7. The second-order valence-electron chi connectivity index (χ2n) is 4.02. The molecule has 0 amide bonds. The minimum absolute atomic E-state index is 0.377. The number of nitrogens with zero attached hydrogens (tertiary/aromatic N) is 3. The highest BCUT2D eigenvalue weighted by molar-refractivity contribution is 5.30. The summed E-state index contributed by atoms with van der Waals surface area (Å²) in [5.74, 6) is -0.377. The Morgan fingerprint density at radius 3 is 2.88 bits per heavy atom. The molecule has 0 spiro atoms. The molecule has 0 bridgehead atoms. The van der Waals surface area contributed by atoms with Gasteiger partial charge in [0.05, 0.1) is 11.9 Å². The zero-order valence-electron chi connectivity index (χ0n) is 9.76. The molecule has 1 unspecified atom stereocenters. The second kappa shape index (κ2) is 4.25. The fraction of sp³-hybridized carbons (Fsp3) is 0.333. The van der Waals surface area contributed by atoms with Gasteiger partial charge < -0.3 is 5.11 Å². The Balaban J connectivity index is 2.49. The van der Waals surface area contributed by atoms with E-state index in [1.54, 1.807) is 23.7 Å². The van der Waals surface area contributed by atoms with Crippen molar-refractivity contribution in [3.63, 3.8) is 0 Å². The van der Waals surface area contributed by atoms with Gasteiger partial charge in [0, 0.05) is 6.54 Å². The summed E-state index contributed by atoms with van der Waals surface area (Å²) >= 11 is 0. The van der Waals surface area contributed by atoms with Gasteiger partial charge in [-0.1, -0.05) is 17.3 Å². The molecule has 1 aromatic carbocycles. The van der Waals surface area contributed by atoms with E-state index >= 15 is 0 Å².